The van der Waals surface area contributed by atoms with Gasteiger partial charge >= 0.3 is 12.1 Å². The van der Waals surface area contributed by atoms with Crippen molar-refractivity contribution in [2.45, 2.75) is 52.7 Å². The summed E-state index contributed by atoms with van der Waals surface area (Å²) in [4.78, 5) is 28.1. The van der Waals surface area contributed by atoms with Crippen LogP contribution in [0.1, 0.15) is 47.1 Å². The molecule has 1 aromatic rings. The van der Waals surface area contributed by atoms with Gasteiger partial charge in [-0.05, 0) is 53.7 Å². The number of rotatable bonds is 2. The molecule has 0 aromatic heterocycles. The van der Waals surface area contributed by atoms with Crippen molar-refractivity contribution in [2.24, 2.45) is 4.99 Å². The highest BCUT2D eigenvalue weighted by Gasteiger charge is 2.25. The van der Waals surface area contributed by atoms with Crippen molar-refractivity contribution in [1.82, 2.24) is 0 Å². The summed E-state index contributed by atoms with van der Waals surface area (Å²) < 4.78 is 10.4. The Balaban J connectivity index is 3.18. The van der Waals surface area contributed by atoms with E-state index in [1.54, 1.807) is 65.8 Å². The maximum Gasteiger partial charge on any atom is 0.434 e. The van der Waals surface area contributed by atoms with E-state index in [2.05, 4.69) is 4.99 Å². The number of carbonyl (C=O) groups excluding carboxylic acids is 2. The van der Waals surface area contributed by atoms with Crippen LogP contribution in [0.5, 0.6) is 0 Å². The molecule has 0 aliphatic rings. The van der Waals surface area contributed by atoms with E-state index >= 15 is 0 Å². The number of esters is 1. The van der Waals surface area contributed by atoms with Crippen LogP contribution in [0, 0.1) is 0 Å². The van der Waals surface area contributed by atoms with Gasteiger partial charge in [-0.2, -0.15) is 4.99 Å². The highest BCUT2D eigenvalue weighted by molar-refractivity contribution is 6.44. The SMILES string of the molecule is CC(C)(C)OC(=O)/N=C(/C(=O)OC(C)(C)C)c1ccc(Cl)cc1. The number of hydrogen-bond donors (Lipinski definition) is 0. The molecule has 6 heteroatoms. The largest absolute Gasteiger partial charge is 0.455 e. The Morgan fingerprint density at radius 2 is 1.39 bits per heavy atom. The predicted octanol–water partition coefficient (Wildman–Crippen LogP) is 4.41. The second-order valence-electron chi connectivity index (χ2n) is 6.95. The van der Waals surface area contributed by atoms with Crippen LogP contribution in [0.4, 0.5) is 4.79 Å². The number of halogens is 1. The van der Waals surface area contributed by atoms with Crippen molar-refractivity contribution in [3.63, 3.8) is 0 Å². The highest BCUT2D eigenvalue weighted by atomic mass is 35.5. The number of hydrogen-bond acceptors (Lipinski definition) is 4. The van der Waals surface area contributed by atoms with E-state index in [4.69, 9.17) is 21.1 Å². The standard InChI is InChI=1S/C17H22ClNO4/c1-16(2,3)22-14(20)13(11-7-9-12(18)10-8-11)19-15(21)23-17(4,5)6/h7-10H,1-6H3/b19-13+. The van der Waals surface area contributed by atoms with Crippen LogP contribution in [0.3, 0.4) is 0 Å². The molecular formula is C17H22ClNO4. The first-order valence-electron chi connectivity index (χ1n) is 7.18. The number of amides is 1. The Labute approximate surface area is 141 Å². The molecule has 5 nitrogen and oxygen atoms in total. The van der Waals surface area contributed by atoms with Crippen molar-refractivity contribution >= 4 is 29.4 Å². The number of benzene rings is 1. The van der Waals surface area contributed by atoms with E-state index in [0.717, 1.165) is 0 Å². The van der Waals surface area contributed by atoms with Gasteiger partial charge in [-0.25, -0.2) is 9.59 Å². The summed E-state index contributed by atoms with van der Waals surface area (Å²) in [5, 5.41) is 0.509. The molecule has 1 aromatic carbocycles. The van der Waals surface area contributed by atoms with Gasteiger partial charge in [0.25, 0.3) is 0 Å². The minimum Gasteiger partial charge on any atom is -0.455 e. The zero-order chi connectivity index (χ0) is 17.8. The second kappa shape index (κ2) is 7.13. The van der Waals surface area contributed by atoms with E-state index < -0.39 is 23.3 Å². The van der Waals surface area contributed by atoms with E-state index in [1.807, 2.05) is 0 Å². The van der Waals surface area contributed by atoms with Crippen LogP contribution in [0.2, 0.25) is 5.02 Å². The number of nitrogens with zero attached hydrogens (tertiary/aromatic N) is 1. The van der Waals surface area contributed by atoms with Crippen LogP contribution >= 0.6 is 11.6 Å². The molecule has 0 radical (unpaired) electrons. The Hall–Kier alpha value is -1.88. The summed E-state index contributed by atoms with van der Waals surface area (Å²) in [5.74, 6) is -0.703. The van der Waals surface area contributed by atoms with Gasteiger partial charge in [-0.1, -0.05) is 23.7 Å². The molecule has 0 spiro atoms. The maximum atomic E-state index is 12.4. The number of aliphatic imine (C=N–C) groups is 1. The highest BCUT2D eigenvalue weighted by Crippen LogP contribution is 2.15. The first-order valence-corrected chi connectivity index (χ1v) is 7.56. The zero-order valence-electron chi connectivity index (χ0n) is 14.3. The zero-order valence-corrected chi connectivity index (χ0v) is 15.0. The van der Waals surface area contributed by atoms with Crippen LogP contribution in [0.15, 0.2) is 29.3 Å². The smallest absolute Gasteiger partial charge is 0.434 e. The molecule has 0 saturated carbocycles. The van der Waals surface area contributed by atoms with Crippen LogP contribution in [-0.4, -0.2) is 29.0 Å². The van der Waals surface area contributed by atoms with Crippen LogP contribution < -0.4 is 0 Å². The first-order chi connectivity index (χ1) is 10.4. The van der Waals surface area contributed by atoms with Gasteiger partial charge in [0.2, 0.25) is 0 Å². The molecule has 0 bridgehead atoms. The second-order valence-corrected chi connectivity index (χ2v) is 7.39. The molecule has 0 aliphatic heterocycles. The molecule has 0 aliphatic carbocycles. The number of ether oxygens (including phenoxy) is 2. The van der Waals surface area contributed by atoms with Gasteiger partial charge < -0.3 is 9.47 Å². The third-order valence-corrected chi connectivity index (χ3v) is 2.56. The average Bonchev–Trinajstić information content (AvgIpc) is 2.33. The fourth-order valence-electron chi connectivity index (χ4n) is 1.54. The Bertz CT molecular complexity index is 607. The lowest BCUT2D eigenvalue weighted by Gasteiger charge is -2.21. The van der Waals surface area contributed by atoms with E-state index in [0.29, 0.717) is 10.6 Å². The number of carbonyl (C=O) groups is 2. The molecule has 0 fully saturated rings. The maximum absolute atomic E-state index is 12.4. The van der Waals surface area contributed by atoms with Crippen molar-refractivity contribution in [1.29, 1.82) is 0 Å². The molecule has 0 unspecified atom stereocenters. The minimum atomic E-state index is -0.853. The van der Waals surface area contributed by atoms with Crippen molar-refractivity contribution in [3.05, 3.63) is 34.9 Å². The third kappa shape index (κ3) is 7.28. The van der Waals surface area contributed by atoms with Gasteiger partial charge in [-0.15, -0.1) is 0 Å². The molecule has 23 heavy (non-hydrogen) atoms. The summed E-state index contributed by atoms with van der Waals surface area (Å²) in [7, 11) is 0. The summed E-state index contributed by atoms with van der Waals surface area (Å²) in [6.07, 6.45) is -0.853. The monoisotopic (exact) mass is 339 g/mol. The van der Waals surface area contributed by atoms with Crippen molar-refractivity contribution in [3.8, 4) is 0 Å². The molecule has 1 rings (SSSR count). The molecular weight excluding hydrogens is 318 g/mol. The lowest BCUT2D eigenvalue weighted by atomic mass is 10.1. The molecule has 1 amide bonds. The van der Waals surface area contributed by atoms with E-state index in [-0.39, 0.29) is 5.71 Å². The quantitative estimate of drug-likeness (QED) is 0.591. The normalized spacial score (nSPS) is 12.7. The predicted molar refractivity (Wildman–Crippen MR) is 90.1 cm³/mol. The average molecular weight is 340 g/mol. The molecule has 0 N–H and O–H groups in total. The summed E-state index contributed by atoms with van der Waals surface area (Å²) in [6.45, 7) is 10.4. The fourth-order valence-corrected chi connectivity index (χ4v) is 1.66. The molecule has 0 atom stereocenters. The summed E-state index contributed by atoms with van der Waals surface area (Å²) in [6, 6.07) is 6.39. The molecule has 0 heterocycles. The topological polar surface area (TPSA) is 65.0 Å². The van der Waals surface area contributed by atoms with Crippen LogP contribution in [0.25, 0.3) is 0 Å². The third-order valence-electron chi connectivity index (χ3n) is 2.31. The van der Waals surface area contributed by atoms with E-state index in [1.165, 1.54) is 0 Å². The molecule has 126 valence electrons. The van der Waals surface area contributed by atoms with E-state index in [9.17, 15) is 9.59 Å². The summed E-state index contributed by atoms with van der Waals surface area (Å²) in [5.41, 5.74) is -1.11. The van der Waals surface area contributed by atoms with Crippen LogP contribution in [-0.2, 0) is 14.3 Å². The first kappa shape index (κ1) is 19.2. The fraction of sp³-hybridized carbons (Fsp3) is 0.471. The minimum absolute atomic E-state index is 0.120. The Morgan fingerprint density at radius 3 is 1.83 bits per heavy atom. The van der Waals surface area contributed by atoms with Gasteiger partial charge in [0.15, 0.2) is 5.71 Å². The lowest BCUT2D eigenvalue weighted by Crippen LogP contribution is -2.31. The van der Waals surface area contributed by atoms with Gasteiger partial charge in [0.1, 0.15) is 11.2 Å². The Morgan fingerprint density at radius 1 is 0.913 bits per heavy atom. The van der Waals surface area contributed by atoms with Gasteiger partial charge in [0, 0.05) is 10.6 Å². The van der Waals surface area contributed by atoms with Gasteiger partial charge in [0.05, 0.1) is 0 Å². The van der Waals surface area contributed by atoms with Crippen molar-refractivity contribution < 1.29 is 19.1 Å². The molecule has 0 saturated heterocycles. The Kier molecular flexibility index (Phi) is 5.94. The van der Waals surface area contributed by atoms with Gasteiger partial charge in [-0.3, -0.25) is 0 Å². The summed E-state index contributed by atoms with van der Waals surface area (Å²) >= 11 is 5.85. The lowest BCUT2D eigenvalue weighted by molar-refractivity contribution is -0.146. The van der Waals surface area contributed by atoms with Crippen molar-refractivity contribution in [2.75, 3.05) is 0 Å².